The zero-order valence-corrected chi connectivity index (χ0v) is 13.6. The maximum atomic E-state index is 10.5. The molecule has 0 bridgehead atoms. The second kappa shape index (κ2) is 6.98. The summed E-state index contributed by atoms with van der Waals surface area (Å²) in [6.07, 6.45) is 2.56. The van der Waals surface area contributed by atoms with Gasteiger partial charge in [-0.3, -0.25) is 0 Å². The molecule has 21 heavy (non-hydrogen) atoms. The van der Waals surface area contributed by atoms with Gasteiger partial charge in [0.2, 0.25) is 0 Å². The van der Waals surface area contributed by atoms with Crippen molar-refractivity contribution >= 4 is 51.2 Å². The summed E-state index contributed by atoms with van der Waals surface area (Å²) >= 11 is 15.2. The van der Waals surface area contributed by atoms with E-state index in [1.165, 1.54) is 6.08 Å². The molecule has 0 aliphatic rings. The van der Waals surface area contributed by atoms with Crippen LogP contribution in [-0.4, -0.2) is 11.1 Å². The van der Waals surface area contributed by atoms with Crippen LogP contribution in [0.1, 0.15) is 5.56 Å². The van der Waals surface area contributed by atoms with Gasteiger partial charge in [-0.2, -0.15) is 0 Å². The minimum absolute atomic E-state index is 0.481. The van der Waals surface area contributed by atoms with Gasteiger partial charge in [-0.15, -0.1) is 0 Å². The Morgan fingerprint density at radius 1 is 1.14 bits per heavy atom. The molecule has 2 aromatic carbocycles. The molecular formula is C15H9BrCl2O3. The molecule has 0 radical (unpaired) electrons. The van der Waals surface area contributed by atoms with Crippen molar-refractivity contribution in [2.75, 3.05) is 0 Å². The number of halogens is 3. The van der Waals surface area contributed by atoms with E-state index in [2.05, 4.69) is 15.9 Å². The first kappa shape index (κ1) is 15.9. The van der Waals surface area contributed by atoms with Crippen LogP contribution in [0, 0.1) is 0 Å². The zero-order chi connectivity index (χ0) is 15.4. The molecular weight excluding hydrogens is 379 g/mol. The van der Waals surface area contributed by atoms with Crippen molar-refractivity contribution < 1.29 is 14.6 Å². The molecule has 2 rings (SSSR count). The van der Waals surface area contributed by atoms with E-state index < -0.39 is 5.97 Å². The van der Waals surface area contributed by atoms with Crippen molar-refractivity contribution in [3.63, 3.8) is 0 Å². The van der Waals surface area contributed by atoms with E-state index in [0.717, 1.165) is 11.6 Å². The number of ether oxygens (including phenoxy) is 1. The standard InChI is InChI=1S/C15H9BrCl2O3/c16-13-5-9(2-4-15(19)20)1-3-14(13)21-12-7-10(17)6-11(18)8-12/h1-8H,(H,19,20)/b4-2+. The van der Waals surface area contributed by atoms with Gasteiger partial charge in [0.15, 0.2) is 0 Å². The third-order valence-corrected chi connectivity index (χ3v) is 3.49. The second-order valence-electron chi connectivity index (χ2n) is 4.07. The Balaban J connectivity index is 2.23. The van der Waals surface area contributed by atoms with Crippen LogP contribution in [0.3, 0.4) is 0 Å². The van der Waals surface area contributed by atoms with Gasteiger partial charge >= 0.3 is 5.97 Å². The van der Waals surface area contributed by atoms with Crippen molar-refractivity contribution in [2.24, 2.45) is 0 Å². The second-order valence-corrected chi connectivity index (χ2v) is 5.80. The van der Waals surface area contributed by atoms with Crippen molar-refractivity contribution in [3.05, 3.63) is 62.6 Å². The minimum atomic E-state index is -1.000. The summed E-state index contributed by atoms with van der Waals surface area (Å²) in [5.41, 5.74) is 0.737. The Morgan fingerprint density at radius 2 is 1.81 bits per heavy atom. The third-order valence-electron chi connectivity index (χ3n) is 2.44. The molecule has 6 heteroatoms. The number of carboxylic acid groups (broad SMARTS) is 1. The Kier molecular flexibility index (Phi) is 5.28. The van der Waals surface area contributed by atoms with Gasteiger partial charge in [-0.1, -0.05) is 29.3 Å². The van der Waals surface area contributed by atoms with Crippen LogP contribution in [0.15, 0.2) is 46.9 Å². The van der Waals surface area contributed by atoms with E-state index in [4.69, 9.17) is 33.0 Å². The van der Waals surface area contributed by atoms with Gasteiger partial charge in [0.25, 0.3) is 0 Å². The number of hydrogen-bond acceptors (Lipinski definition) is 2. The fourth-order valence-corrected chi connectivity index (χ4v) is 2.57. The van der Waals surface area contributed by atoms with Gasteiger partial charge < -0.3 is 9.84 Å². The number of aliphatic carboxylic acids is 1. The van der Waals surface area contributed by atoms with Crippen LogP contribution in [-0.2, 0) is 4.79 Å². The molecule has 0 amide bonds. The van der Waals surface area contributed by atoms with Crippen LogP contribution < -0.4 is 4.74 Å². The quantitative estimate of drug-likeness (QED) is 0.690. The summed E-state index contributed by atoms with van der Waals surface area (Å²) in [4.78, 5) is 10.5. The maximum absolute atomic E-state index is 10.5. The van der Waals surface area contributed by atoms with E-state index in [9.17, 15) is 4.79 Å². The van der Waals surface area contributed by atoms with Crippen LogP contribution >= 0.6 is 39.1 Å². The zero-order valence-electron chi connectivity index (χ0n) is 10.5. The lowest BCUT2D eigenvalue weighted by atomic mass is 10.2. The van der Waals surface area contributed by atoms with Crippen LogP contribution in [0.5, 0.6) is 11.5 Å². The van der Waals surface area contributed by atoms with E-state index in [0.29, 0.717) is 26.0 Å². The topological polar surface area (TPSA) is 46.5 Å². The summed E-state index contributed by atoms with van der Waals surface area (Å²) in [5.74, 6) is 0.0860. The van der Waals surface area contributed by atoms with Crippen molar-refractivity contribution in [1.82, 2.24) is 0 Å². The molecule has 3 nitrogen and oxygen atoms in total. The van der Waals surface area contributed by atoms with Crippen molar-refractivity contribution in [2.45, 2.75) is 0 Å². The fraction of sp³-hybridized carbons (Fsp3) is 0. The molecule has 0 atom stereocenters. The third kappa shape index (κ3) is 4.77. The van der Waals surface area contributed by atoms with E-state index >= 15 is 0 Å². The summed E-state index contributed by atoms with van der Waals surface area (Å²) in [5, 5.41) is 9.56. The highest BCUT2D eigenvalue weighted by atomic mass is 79.9. The van der Waals surface area contributed by atoms with Crippen molar-refractivity contribution in [3.8, 4) is 11.5 Å². The van der Waals surface area contributed by atoms with Crippen LogP contribution in [0.25, 0.3) is 6.08 Å². The van der Waals surface area contributed by atoms with Gasteiger partial charge in [-0.05, 0) is 57.9 Å². The Bertz CT molecular complexity index is 694. The SMILES string of the molecule is O=C(O)/C=C/c1ccc(Oc2cc(Cl)cc(Cl)c2)c(Br)c1. The lowest BCUT2D eigenvalue weighted by molar-refractivity contribution is -0.131. The highest BCUT2D eigenvalue weighted by Gasteiger charge is 2.05. The molecule has 0 fully saturated rings. The molecule has 0 aliphatic carbocycles. The van der Waals surface area contributed by atoms with Crippen molar-refractivity contribution in [1.29, 1.82) is 0 Å². The average Bonchev–Trinajstić information content (AvgIpc) is 2.38. The number of rotatable bonds is 4. The molecule has 108 valence electrons. The highest BCUT2D eigenvalue weighted by molar-refractivity contribution is 9.10. The van der Waals surface area contributed by atoms with Crippen LogP contribution in [0.2, 0.25) is 10.0 Å². The smallest absolute Gasteiger partial charge is 0.328 e. The predicted molar refractivity (Wildman–Crippen MR) is 87.3 cm³/mol. The maximum Gasteiger partial charge on any atom is 0.328 e. The van der Waals surface area contributed by atoms with E-state index in [1.54, 1.807) is 36.4 Å². The molecule has 2 aromatic rings. The van der Waals surface area contributed by atoms with Gasteiger partial charge in [-0.25, -0.2) is 4.79 Å². The Morgan fingerprint density at radius 3 is 2.38 bits per heavy atom. The molecule has 0 spiro atoms. The molecule has 0 heterocycles. The fourth-order valence-electron chi connectivity index (χ4n) is 1.59. The number of benzene rings is 2. The van der Waals surface area contributed by atoms with Gasteiger partial charge in [0.05, 0.1) is 4.47 Å². The summed E-state index contributed by atoms with van der Waals surface area (Å²) in [6, 6.07) is 10.1. The van der Waals surface area contributed by atoms with Gasteiger partial charge in [0, 0.05) is 16.1 Å². The molecule has 0 aromatic heterocycles. The van der Waals surface area contributed by atoms with Crippen LogP contribution in [0.4, 0.5) is 0 Å². The number of carboxylic acids is 1. The first-order chi connectivity index (χ1) is 9.94. The Labute approximate surface area is 139 Å². The summed E-state index contributed by atoms with van der Waals surface area (Å²) in [7, 11) is 0. The molecule has 0 saturated heterocycles. The lowest BCUT2D eigenvalue weighted by Crippen LogP contribution is -1.88. The number of carbonyl (C=O) groups is 1. The predicted octanol–water partition coefficient (Wildman–Crippen LogP) is 5.65. The molecule has 0 saturated carbocycles. The summed E-state index contributed by atoms with van der Waals surface area (Å²) < 4.78 is 6.38. The first-order valence-corrected chi connectivity index (χ1v) is 7.33. The van der Waals surface area contributed by atoms with E-state index in [-0.39, 0.29) is 0 Å². The molecule has 0 unspecified atom stereocenters. The number of hydrogen-bond donors (Lipinski definition) is 1. The highest BCUT2D eigenvalue weighted by Crippen LogP contribution is 2.33. The van der Waals surface area contributed by atoms with E-state index in [1.807, 2.05) is 0 Å². The monoisotopic (exact) mass is 386 g/mol. The average molecular weight is 388 g/mol. The molecule has 0 aliphatic heterocycles. The minimum Gasteiger partial charge on any atom is -0.478 e. The lowest BCUT2D eigenvalue weighted by Gasteiger charge is -2.09. The normalized spacial score (nSPS) is 10.8. The summed E-state index contributed by atoms with van der Waals surface area (Å²) in [6.45, 7) is 0. The Hall–Kier alpha value is -1.49. The van der Waals surface area contributed by atoms with Gasteiger partial charge in [0.1, 0.15) is 11.5 Å². The first-order valence-electron chi connectivity index (χ1n) is 5.78. The molecule has 1 N–H and O–H groups in total. The largest absolute Gasteiger partial charge is 0.478 e.